The van der Waals surface area contributed by atoms with Gasteiger partial charge in [-0.2, -0.15) is 0 Å². The summed E-state index contributed by atoms with van der Waals surface area (Å²) in [5, 5.41) is 0.818. The van der Waals surface area contributed by atoms with Gasteiger partial charge in [-0.05, 0) is 35.9 Å². The number of anilines is 1. The predicted molar refractivity (Wildman–Crippen MR) is 97.9 cm³/mol. The van der Waals surface area contributed by atoms with E-state index < -0.39 is 0 Å². The van der Waals surface area contributed by atoms with Crippen molar-refractivity contribution in [1.29, 1.82) is 0 Å². The number of carbonyl (C=O) groups excluding carboxylic acids is 1. The third-order valence-corrected chi connectivity index (χ3v) is 5.62. The van der Waals surface area contributed by atoms with E-state index in [2.05, 4.69) is 4.98 Å². The zero-order chi connectivity index (χ0) is 18.4. The summed E-state index contributed by atoms with van der Waals surface area (Å²) in [5.74, 6) is 0.807. The summed E-state index contributed by atoms with van der Waals surface area (Å²) in [6.07, 6.45) is 0.0309. The van der Waals surface area contributed by atoms with E-state index in [1.165, 1.54) is 23.5 Å². The SMILES string of the molecule is O=C(Cc1ccc2c(c1)OCO2)OC1CN(c2nc3ccc(F)cc3s2)C1. The molecule has 27 heavy (non-hydrogen) atoms. The van der Waals surface area contributed by atoms with Crippen molar-refractivity contribution >= 4 is 32.7 Å². The molecule has 6 nitrogen and oxygen atoms in total. The second-order valence-corrected chi connectivity index (χ2v) is 7.50. The minimum Gasteiger partial charge on any atom is -0.458 e. The molecule has 0 radical (unpaired) electrons. The number of ether oxygens (including phenoxy) is 3. The molecule has 0 atom stereocenters. The Kier molecular flexibility index (Phi) is 3.86. The summed E-state index contributed by atoms with van der Waals surface area (Å²) in [4.78, 5) is 18.7. The molecule has 0 amide bonds. The average molecular weight is 386 g/mol. The van der Waals surface area contributed by atoms with Gasteiger partial charge in [-0.1, -0.05) is 17.4 Å². The quantitative estimate of drug-likeness (QED) is 0.642. The number of carbonyl (C=O) groups is 1. The number of halogens is 1. The molecule has 138 valence electrons. The Morgan fingerprint density at radius 2 is 2.07 bits per heavy atom. The number of thiazole rings is 1. The molecule has 1 fully saturated rings. The van der Waals surface area contributed by atoms with Crippen molar-refractivity contribution < 1.29 is 23.4 Å². The predicted octanol–water partition coefficient (Wildman–Crippen LogP) is 3.14. The van der Waals surface area contributed by atoms with E-state index in [-0.39, 0.29) is 31.1 Å². The van der Waals surface area contributed by atoms with Gasteiger partial charge in [0.2, 0.25) is 6.79 Å². The number of aromatic nitrogens is 1. The monoisotopic (exact) mass is 386 g/mol. The smallest absolute Gasteiger partial charge is 0.310 e. The molecule has 0 bridgehead atoms. The molecule has 2 aromatic carbocycles. The first-order valence-electron chi connectivity index (χ1n) is 8.53. The van der Waals surface area contributed by atoms with Crippen LogP contribution in [-0.4, -0.2) is 36.9 Å². The van der Waals surface area contributed by atoms with Crippen molar-refractivity contribution in [3.8, 4) is 11.5 Å². The van der Waals surface area contributed by atoms with Gasteiger partial charge in [0, 0.05) is 0 Å². The van der Waals surface area contributed by atoms with Crippen molar-refractivity contribution in [2.45, 2.75) is 12.5 Å². The Balaban J connectivity index is 1.17. The molecule has 3 aromatic rings. The Bertz CT molecular complexity index is 1030. The topological polar surface area (TPSA) is 60.9 Å². The van der Waals surface area contributed by atoms with Gasteiger partial charge in [-0.3, -0.25) is 4.79 Å². The van der Waals surface area contributed by atoms with Gasteiger partial charge in [0.25, 0.3) is 0 Å². The fourth-order valence-corrected chi connectivity index (χ4v) is 4.14. The molecule has 1 aromatic heterocycles. The van der Waals surface area contributed by atoms with Gasteiger partial charge in [-0.15, -0.1) is 0 Å². The highest BCUT2D eigenvalue weighted by atomic mass is 32.1. The van der Waals surface area contributed by atoms with Crippen LogP contribution in [0.3, 0.4) is 0 Å². The Morgan fingerprint density at radius 1 is 1.22 bits per heavy atom. The molecule has 5 rings (SSSR count). The summed E-state index contributed by atoms with van der Waals surface area (Å²) in [6.45, 7) is 1.39. The van der Waals surface area contributed by atoms with Gasteiger partial charge in [0.15, 0.2) is 16.6 Å². The van der Waals surface area contributed by atoms with Crippen molar-refractivity contribution in [2.75, 3.05) is 24.8 Å². The minimum atomic E-state index is -0.273. The van der Waals surface area contributed by atoms with Gasteiger partial charge in [-0.25, -0.2) is 9.37 Å². The Labute approximate surface area is 158 Å². The largest absolute Gasteiger partial charge is 0.458 e. The summed E-state index contributed by atoms with van der Waals surface area (Å²) in [5.41, 5.74) is 1.60. The van der Waals surface area contributed by atoms with Gasteiger partial charge < -0.3 is 19.1 Å². The summed E-state index contributed by atoms with van der Waals surface area (Å²) in [7, 11) is 0. The summed E-state index contributed by atoms with van der Waals surface area (Å²) < 4.78 is 30.2. The third-order valence-electron chi connectivity index (χ3n) is 4.54. The van der Waals surface area contributed by atoms with E-state index in [4.69, 9.17) is 14.2 Å². The van der Waals surface area contributed by atoms with Crippen LogP contribution in [0.4, 0.5) is 9.52 Å². The number of rotatable bonds is 4. The van der Waals surface area contributed by atoms with Gasteiger partial charge in [0.05, 0.1) is 29.7 Å². The number of fused-ring (bicyclic) bond motifs is 2. The van der Waals surface area contributed by atoms with E-state index in [1.807, 2.05) is 11.0 Å². The molecule has 2 aliphatic rings. The first-order valence-corrected chi connectivity index (χ1v) is 9.35. The molecule has 0 N–H and O–H groups in total. The molecule has 8 heteroatoms. The van der Waals surface area contributed by atoms with Gasteiger partial charge >= 0.3 is 5.97 Å². The molecule has 2 aliphatic heterocycles. The normalized spacial score (nSPS) is 15.8. The molecular weight excluding hydrogens is 371 g/mol. The molecule has 0 aliphatic carbocycles. The number of esters is 1. The van der Waals surface area contributed by atoms with E-state index >= 15 is 0 Å². The standard InChI is InChI=1S/C19H15FN2O4S/c20-12-2-3-14-17(7-12)27-19(21-14)22-8-13(9-22)26-18(23)6-11-1-4-15-16(5-11)25-10-24-15/h1-5,7,13H,6,8-10H2. The van der Waals surface area contributed by atoms with E-state index in [9.17, 15) is 9.18 Å². The van der Waals surface area contributed by atoms with Crippen LogP contribution < -0.4 is 14.4 Å². The first-order chi connectivity index (χ1) is 13.1. The zero-order valence-electron chi connectivity index (χ0n) is 14.2. The average Bonchev–Trinajstić information content (AvgIpc) is 3.23. The minimum absolute atomic E-state index is 0.157. The second kappa shape index (κ2) is 6.38. The van der Waals surface area contributed by atoms with Crippen LogP contribution in [0, 0.1) is 5.82 Å². The van der Waals surface area contributed by atoms with E-state index in [0.717, 1.165) is 20.9 Å². The lowest BCUT2D eigenvalue weighted by Crippen LogP contribution is -2.53. The van der Waals surface area contributed by atoms with Crippen LogP contribution >= 0.6 is 11.3 Å². The van der Waals surface area contributed by atoms with Crippen LogP contribution in [0.2, 0.25) is 0 Å². The maximum absolute atomic E-state index is 13.3. The summed E-state index contributed by atoms with van der Waals surface area (Å²) in [6, 6.07) is 10.0. The Morgan fingerprint density at radius 3 is 2.96 bits per heavy atom. The fourth-order valence-electron chi connectivity index (χ4n) is 3.14. The number of benzene rings is 2. The highest BCUT2D eigenvalue weighted by molar-refractivity contribution is 7.22. The van der Waals surface area contributed by atoms with Gasteiger partial charge in [0.1, 0.15) is 11.9 Å². The third kappa shape index (κ3) is 3.16. The molecule has 0 unspecified atom stereocenters. The molecule has 0 saturated carbocycles. The number of hydrogen-bond acceptors (Lipinski definition) is 7. The van der Waals surface area contributed by atoms with Crippen LogP contribution in [-0.2, 0) is 16.0 Å². The first kappa shape index (κ1) is 16.3. The maximum atomic E-state index is 13.3. The fraction of sp³-hybridized carbons (Fsp3) is 0.263. The van der Waals surface area contributed by atoms with Crippen molar-refractivity contribution in [3.63, 3.8) is 0 Å². The lowest BCUT2D eigenvalue weighted by molar-refractivity contribution is -0.149. The lowest BCUT2D eigenvalue weighted by Gasteiger charge is -2.38. The highest BCUT2D eigenvalue weighted by Gasteiger charge is 2.32. The van der Waals surface area contributed by atoms with Crippen molar-refractivity contribution in [2.24, 2.45) is 0 Å². The van der Waals surface area contributed by atoms with Crippen molar-refractivity contribution in [1.82, 2.24) is 4.98 Å². The van der Waals surface area contributed by atoms with E-state index in [1.54, 1.807) is 18.2 Å². The number of nitrogens with zero attached hydrogens (tertiary/aromatic N) is 2. The van der Waals surface area contributed by atoms with Crippen LogP contribution in [0.15, 0.2) is 36.4 Å². The van der Waals surface area contributed by atoms with Crippen LogP contribution in [0.1, 0.15) is 5.56 Å². The second-order valence-electron chi connectivity index (χ2n) is 6.49. The number of hydrogen-bond donors (Lipinski definition) is 0. The van der Waals surface area contributed by atoms with Crippen LogP contribution in [0.25, 0.3) is 10.2 Å². The van der Waals surface area contributed by atoms with E-state index in [0.29, 0.717) is 24.6 Å². The molecular formula is C19H15FN2O4S. The Hall–Kier alpha value is -2.87. The summed E-state index contributed by atoms with van der Waals surface area (Å²) >= 11 is 1.44. The molecule has 1 saturated heterocycles. The molecule has 3 heterocycles. The van der Waals surface area contributed by atoms with Crippen molar-refractivity contribution in [3.05, 3.63) is 47.8 Å². The maximum Gasteiger partial charge on any atom is 0.310 e. The lowest BCUT2D eigenvalue weighted by atomic mass is 10.1. The van der Waals surface area contributed by atoms with Crippen LogP contribution in [0.5, 0.6) is 11.5 Å². The molecule has 0 spiro atoms. The zero-order valence-corrected chi connectivity index (χ0v) is 15.0. The highest BCUT2D eigenvalue weighted by Crippen LogP contribution is 2.34.